The maximum absolute atomic E-state index is 13.8. The largest absolute Gasteiger partial charge is 0.490 e. The molecule has 0 aliphatic heterocycles. The average Bonchev–Trinajstić information content (AvgIpc) is 3.33. The van der Waals surface area contributed by atoms with Gasteiger partial charge in [-0.1, -0.05) is 24.3 Å². The second-order valence-electron chi connectivity index (χ2n) is 10.2. The number of esters is 1. The lowest BCUT2D eigenvalue weighted by Crippen LogP contribution is -2.14. The van der Waals surface area contributed by atoms with Crippen molar-refractivity contribution >= 4 is 40.3 Å². The second kappa shape index (κ2) is 13.2. The van der Waals surface area contributed by atoms with Gasteiger partial charge in [-0.3, -0.25) is 14.4 Å². The number of nitrogens with two attached hydrogens (primary N) is 1. The highest BCUT2D eigenvalue weighted by Gasteiger charge is 2.24. The number of carbonyl (C=O) groups excluding carboxylic acids is 4. The van der Waals surface area contributed by atoms with Crippen LogP contribution in [0.25, 0.3) is 5.52 Å². The number of hydrogen-bond acceptors (Lipinski definition) is 8. The molecule has 0 aliphatic rings. The van der Waals surface area contributed by atoms with Gasteiger partial charge in [-0.2, -0.15) is 0 Å². The molecule has 228 valence electrons. The summed E-state index contributed by atoms with van der Waals surface area (Å²) in [5, 5.41) is 2.96. The average molecular weight is 606 g/mol. The zero-order valence-electron chi connectivity index (χ0n) is 25.0. The van der Waals surface area contributed by atoms with E-state index in [1.807, 2.05) is 6.07 Å². The summed E-state index contributed by atoms with van der Waals surface area (Å²) in [6, 6.07) is 23.5. The molecule has 2 aromatic heterocycles. The first-order chi connectivity index (χ1) is 21.7. The molecule has 0 spiro atoms. The number of pyridine rings is 1. The lowest BCUT2D eigenvalue weighted by molar-refractivity contribution is 0.0601. The molecule has 1 amide bonds. The van der Waals surface area contributed by atoms with Gasteiger partial charge >= 0.3 is 5.97 Å². The van der Waals surface area contributed by atoms with Crippen molar-refractivity contribution in [1.29, 1.82) is 0 Å². The van der Waals surface area contributed by atoms with E-state index in [4.69, 9.17) is 19.9 Å². The van der Waals surface area contributed by atoms with Crippen molar-refractivity contribution in [3.63, 3.8) is 0 Å². The smallest absolute Gasteiger partial charge is 0.339 e. The third-order valence-electron chi connectivity index (χ3n) is 7.22. The number of ether oxygens (including phenoxy) is 3. The molecule has 3 N–H and O–H groups in total. The first-order valence-electron chi connectivity index (χ1n) is 14.1. The summed E-state index contributed by atoms with van der Waals surface area (Å²) in [6.45, 7) is 3.70. The summed E-state index contributed by atoms with van der Waals surface area (Å²) in [4.78, 5) is 51.0. The Labute approximate surface area is 259 Å². The SMILES string of the molecule is COC(=O)c1cc(C(=O)c2c(C)c(NC(=O)c3cccc(OCCOc4cccc(C(C)=O)c4)c3)c3ccccn23)ccc1N. The summed E-state index contributed by atoms with van der Waals surface area (Å²) in [7, 11) is 1.24. The van der Waals surface area contributed by atoms with E-state index in [0.717, 1.165) is 0 Å². The van der Waals surface area contributed by atoms with Gasteiger partial charge in [0, 0.05) is 34.1 Å². The minimum absolute atomic E-state index is 0.0471. The van der Waals surface area contributed by atoms with Crippen molar-refractivity contribution in [2.45, 2.75) is 13.8 Å². The number of methoxy groups -OCH3 is 1. The summed E-state index contributed by atoms with van der Waals surface area (Å²) in [5.41, 5.74) is 9.35. The van der Waals surface area contributed by atoms with Crippen LogP contribution in [0, 0.1) is 6.92 Å². The molecular weight excluding hydrogens is 574 g/mol. The third kappa shape index (κ3) is 6.54. The number of nitrogens with one attached hydrogen (secondary N) is 1. The highest BCUT2D eigenvalue weighted by Crippen LogP contribution is 2.31. The van der Waals surface area contributed by atoms with Crippen LogP contribution in [0.5, 0.6) is 11.5 Å². The number of nitrogens with zero attached hydrogens (tertiary/aromatic N) is 1. The number of benzene rings is 3. The number of rotatable bonds is 11. The van der Waals surface area contributed by atoms with E-state index in [9.17, 15) is 19.2 Å². The normalized spacial score (nSPS) is 10.7. The maximum atomic E-state index is 13.8. The van der Waals surface area contributed by atoms with Gasteiger partial charge < -0.3 is 29.7 Å². The fourth-order valence-corrected chi connectivity index (χ4v) is 4.93. The molecule has 0 saturated heterocycles. The highest BCUT2D eigenvalue weighted by atomic mass is 16.5. The number of amides is 1. The molecule has 0 saturated carbocycles. The van der Waals surface area contributed by atoms with E-state index < -0.39 is 11.9 Å². The zero-order valence-corrected chi connectivity index (χ0v) is 25.0. The highest BCUT2D eigenvalue weighted by molar-refractivity contribution is 6.15. The van der Waals surface area contributed by atoms with Crippen LogP contribution in [0.15, 0.2) is 91.1 Å². The maximum Gasteiger partial charge on any atom is 0.339 e. The Bertz CT molecular complexity index is 1940. The van der Waals surface area contributed by atoms with Gasteiger partial charge in [0.25, 0.3) is 5.91 Å². The van der Waals surface area contributed by atoms with Gasteiger partial charge in [-0.25, -0.2) is 4.79 Å². The third-order valence-corrected chi connectivity index (χ3v) is 7.22. The zero-order chi connectivity index (χ0) is 32.1. The Morgan fingerprint density at radius 3 is 2.13 bits per heavy atom. The van der Waals surface area contributed by atoms with E-state index in [2.05, 4.69) is 5.32 Å². The molecule has 0 bridgehead atoms. The molecule has 3 aromatic carbocycles. The number of Topliss-reactive ketones (excluding diaryl/α,β-unsaturated/α-hetero) is 1. The van der Waals surface area contributed by atoms with Gasteiger partial charge in [-0.15, -0.1) is 0 Å². The lowest BCUT2D eigenvalue weighted by atomic mass is 10.0. The Balaban J connectivity index is 1.33. The van der Waals surface area contributed by atoms with Crippen LogP contribution in [0.4, 0.5) is 11.4 Å². The van der Waals surface area contributed by atoms with Crippen LogP contribution >= 0.6 is 0 Å². The quantitative estimate of drug-likeness (QED) is 0.0839. The number of anilines is 2. The molecule has 5 rings (SSSR count). The first kappa shape index (κ1) is 30.6. The molecule has 0 radical (unpaired) electrons. The molecule has 0 aliphatic carbocycles. The predicted octanol–water partition coefficient (Wildman–Crippen LogP) is 5.76. The predicted molar refractivity (Wildman–Crippen MR) is 170 cm³/mol. The van der Waals surface area contributed by atoms with Crippen LogP contribution in [0.2, 0.25) is 0 Å². The van der Waals surface area contributed by atoms with Crippen LogP contribution < -0.4 is 20.5 Å². The van der Waals surface area contributed by atoms with Gasteiger partial charge in [-0.05, 0) is 74.5 Å². The van der Waals surface area contributed by atoms with Gasteiger partial charge in [0.1, 0.15) is 24.7 Å². The molecule has 45 heavy (non-hydrogen) atoms. The van der Waals surface area contributed by atoms with E-state index in [1.165, 1.54) is 26.2 Å². The Hall–Kier alpha value is -5.90. The molecule has 10 heteroatoms. The molecule has 0 unspecified atom stereocenters. The number of ketones is 2. The van der Waals surface area contributed by atoms with E-state index in [0.29, 0.717) is 45.1 Å². The standard InChI is InChI=1S/C35H31N3O7/c1-21-31(30-12-4-5-15-38(30)32(21)33(40)24-13-14-29(36)28(20-24)35(42)43-3)37-34(41)25-9-7-11-27(19-25)45-17-16-44-26-10-6-8-23(18-26)22(2)39/h4-15,18-20H,16-17,36H2,1-3H3,(H,37,41). The number of nitrogen functional groups attached to an aromatic ring is 1. The summed E-state index contributed by atoms with van der Waals surface area (Å²) < 4.78 is 18.0. The van der Waals surface area contributed by atoms with Crippen LogP contribution in [0.1, 0.15) is 59.6 Å². The molecule has 0 fully saturated rings. The Morgan fingerprint density at radius 2 is 1.47 bits per heavy atom. The summed E-state index contributed by atoms with van der Waals surface area (Å²) >= 11 is 0. The Kier molecular flexibility index (Phi) is 8.94. The van der Waals surface area contributed by atoms with Crippen molar-refractivity contribution in [2.75, 3.05) is 31.4 Å². The lowest BCUT2D eigenvalue weighted by Gasteiger charge is -2.11. The molecule has 0 atom stereocenters. The molecule has 2 heterocycles. The van der Waals surface area contributed by atoms with Crippen LogP contribution in [-0.2, 0) is 4.74 Å². The summed E-state index contributed by atoms with van der Waals surface area (Å²) in [6.07, 6.45) is 1.73. The number of hydrogen-bond donors (Lipinski definition) is 2. The van der Waals surface area contributed by atoms with Gasteiger partial charge in [0.05, 0.1) is 29.6 Å². The fourth-order valence-electron chi connectivity index (χ4n) is 4.93. The monoisotopic (exact) mass is 605 g/mol. The second-order valence-corrected chi connectivity index (χ2v) is 10.2. The van der Waals surface area contributed by atoms with Crippen molar-refractivity contribution in [2.24, 2.45) is 0 Å². The minimum Gasteiger partial charge on any atom is -0.490 e. The van der Waals surface area contributed by atoms with Gasteiger partial charge in [0.15, 0.2) is 5.78 Å². The molecular formula is C35H31N3O7. The van der Waals surface area contributed by atoms with Crippen LogP contribution in [-0.4, -0.2) is 48.2 Å². The van der Waals surface area contributed by atoms with Crippen molar-refractivity contribution in [3.8, 4) is 11.5 Å². The number of carbonyl (C=O) groups is 4. The Morgan fingerprint density at radius 1 is 0.800 bits per heavy atom. The molecule has 10 nitrogen and oxygen atoms in total. The van der Waals surface area contributed by atoms with Crippen molar-refractivity contribution in [3.05, 3.63) is 125 Å². The minimum atomic E-state index is -0.648. The number of aromatic nitrogens is 1. The van der Waals surface area contributed by atoms with Crippen LogP contribution in [0.3, 0.4) is 0 Å². The molecule has 5 aromatic rings. The van der Waals surface area contributed by atoms with E-state index in [-0.39, 0.29) is 41.6 Å². The van der Waals surface area contributed by atoms with Crippen molar-refractivity contribution < 1.29 is 33.4 Å². The van der Waals surface area contributed by atoms with Gasteiger partial charge in [0.2, 0.25) is 5.78 Å². The topological polar surface area (TPSA) is 138 Å². The van der Waals surface area contributed by atoms with Crippen molar-refractivity contribution in [1.82, 2.24) is 4.40 Å². The van der Waals surface area contributed by atoms with E-state index >= 15 is 0 Å². The first-order valence-corrected chi connectivity index (χ1v) is 14.1. The van der Waals surface area contributed by atoms with E-state index in [1.54, 1.807) is 84.3 Å². The summed E-state index contributed by atoms with van der Waals surface area (Å²) in [5.74, 6) is -0.406. The fraction of sp³-hybridized carbons (Fsp3) is 0.143. The number of fused-ring (bicyclic) bond motifs is 1.